The summed E-state index contributed by atoms with van der Waals surface area (Å²) < 4.78 is 13.8. The SMILES string of the molecule is NCCC(=O)NC1(c2ccc(Cl)cc2F)CC1. The highest BCUT2D eigenvalue weighted by atomic mass is 35.5. The molecule has 0 radical (unpaired) electrons. The maximum Gasteiger partial charge on any atom is 0.221 e. The molecule has 3 nitrogen and oxygen atoms in total. The van der Waals surface area contributed by atoms with Crippen molar-refractivity contribution >= 4 is 17.5 Å². The third-order valence-electron chi connectivity index (χ3n) is 2.95. The first kappa shape index (κ1) is 12.3. The lowest BCUT2D eigenvalue weighted by atomic mass is 10.0. The van der Waals surface area contributed by atoms with Gasteiger partial charge in [0.2, 0.25) is 5.91 Å². The molecule has 2 rings (SSSR count). The molecule has 17 heavy (non-hydrogen) atoms. The van der Waals surface area contributed by atoms with E-state index in [9.17, 15) is 9.18 Å². The van der Waals surface area contributed by atoms with Gasteiger partial charge < -0.3 is 11.1 Å². The summed E-state index contributed by atoms with van der Waals surface area (Å²) in [5.41, 5.74) is 5.27. The van der Waals surface area contributed by atoms with Gasteiger partial charge in [-0.05, 0) is 25.0 Å². The van der Waals surface area contributed by atoms with E-state index in [1.807, 2.05) is 0 Å². The molecule has 1 aliphatic carbocycles. The molecule has 0 aromatic heterocycles. The number of carbonyl (C=O) groups is 1. The Kier molecular flexibility index (Phi) is 3.35. The summed E-state index contributed by atoms with van der Waals surface area (Å²) in [4.78, 5) is 11.5. The topological polar surface area (TPSA) is 55.1 Å². The van der Waals surface area contributed by atoms with Gasteiger partial charge in [0.25, 0.3) is 0 Å². The third kappa shape index (κ3) is 2.58. The van der Waals surface area contributed by atoms with Crippen molar-refractivity contribution < 1.29 is 9.18 Å². The molecule has 92 valence electrons. The molecule has 0 heterocycles. The van der Waals surface area contributed by atoms with Crippen molar-refractivity contribution in [2.24, 2.45) is 5.73 Å². The Morgan fingerprint density at radius 2 is 2.24 bits per heavy atom. The lowest BCUT2D eigenvalue weighted by Crippen LogP contribution is -2.36. The van der Waals surface area contributed by atoms with Crippen molar-refractivity contribution in [3.8, 4) is 0 Å². The Morgan fingerprint density at radius 1 is 1.53 bits per heavy atom. The Hall–Kier alpha value is -1.13. The Bertz CT molecular complexity index is 446. The number of halogens is 2. The second-order valence-corrected chi connectivity index (χ2v) is 4.73. The fourth-order valence-electron chi connectivity index (χ4n) is 1.92. The predicted molar refractivity (Wildman–Crippen MR) is 64.1 cm³/mol. The van der Waals surface area contributed by atoms with Crippen LogP contribution < -0.4 is 11.1 Å². The maximum atomic E-state index is 13.8. The van der Waals surface area contributed by atoms with Crippen LogP contribution in [0, 0.1) is 5.82 Å². The summed E-state index contributed by atoms with van der Waals surface area (Å²) in [6, 6.07) is 4.54. The number of nitrogens with two attached hydrogens (primary N) is 1. The largest absolute Gasteiger partial charge is 0.346 e. The van der Waals surface area contributed by atoms with Crippen LogP contribution in [-0.4, -0.2) is 12.5 Å². The van der Waals surface area contributed by atoms with Crippen LogP contribution in [0.4, 0.5) is 4.39 Å². The zero-order valence-electron chi connectivity index (χ0n) is 9.30. The van der Waals surface area contributed by atoms with E-state index in [2.05, 4.69) is 5.32 Å². The van der Waals surface area contributed by atoms with E-state index < -0.39 is 5.54 Å². The van der Waals surface area contributed by atoms with Gasteiger partial charge >= 0.3 is 0 Å². The minimum atomic E-state index is -0.541. The summed E-state index contributed by atoms with van der Waals surface area (Å²) in [6.45, 7) is 0.297. The number of rotatable bonds is 4. The Balaban J connectivity index is 2.18. The van der Waals surface area contributed by atoms with Gasteiger partial charge in [-0.25, -0.2) is 4.39 Å². The normalized spacial score (nSPS) is 16.6. The number of hydrogen-bond donors (Lipinski definition) is 2. The lowest BCUT2D eigenvalue weighted by molar-refractivity contribution is -0.121. The smallest absolute Gasteiger partial charge is 0.221 e. The molecule has 0 bridgehead atoms. The highest BCUT2D eigenvalue weighted by molar-refractivity contribution is 6.30. The molecule has 1 aromatic rings. The van der Waals surface area contributed by atoms with Crippen LogP contribution in [0.2, 0.25) is 5.02 Å². The Morgan fingerprint density at radius 3 is 2.76 bits per heavy atom. The minimum absolute atomic E-state index is 0.139. The molecule has 0 unspecified atom stereocenters. The second-order valence-electron chi connectivity index (χ2n) is 4.29. The van der Waals surface area contributed by atoms with Crippen molar-refractivity contribution in [3.05, 3.63) is 34.6 Å². The monoisotopic (exact) mass is 256 g/mol. The summed E-state index contributed by atoms with van der Waals surface area (Å²) in [6.07, 6.45) is 1.76. The van der Waals surface area contributed by atoms with Crippen LogP contribution in [0.3, 0.4) is 0 Å². The Labute approximate surface area is 104 Å². The molecular weight excluding hydrogens is 243 g/mol. The van der Waals surface area contributed by atoms with Crippen molar-refractivity contribution in [2.45, 2.75) is 24.8 Å². The molecule has 0 atom stereocenters. The molecule has 1 saturated carbocycles. The fourth-order valence-corrected chi connectivity index (χ4v) is 2.08. The molecule has 5 heteroatoms. The number of amides is 1. The van der Waals surface area contributed by atoms with Gasteiger partial charge in [-0.15, -0.1) is 0 Å². The van der Waals surface area contributed by atoms with Crippen LogP contribution in [0.25, 0.3) is 0 Å². The van der Waals surface area contributed by atoms with E-state index in [1.165, 1.54) is 6.07 Å². The first-order chi connectivity index (χ1) is 8.07. The van der Waals surface area contributed by atoms with Gasteiger partial charge in [0.15, 0.2) is 0 Å². The van der Waals surface area contributed by atoms with Gasteiger partial charge in [-0.2, -0.15) is 0 Å². The third-order valence-corrected chi connectivity index (χ3v) is 3.18. The minimum Gasteiger partial charge on any atom is -0.346 e. The lowest BCUT2D eigenvalue weighted by Gasteiger charge is -2.18. The zero-order chi connectivity index (χ0) is 12.5. The standard InChI is InChI=1S/C12H14ClFN2O/c13-8-1-2-9(10(14)7-8)12(4-5-12)16-11(17)3-6-15/h1-2,7H,3-6,15H2,(H,16,17). The van der Waals surface area contributed by atoms with E-state index >= 15 is 0 Å². The summed E-state index contributed by atoms with van der Waals surface area (Å²) in [5, 5.41) is 3.20. The highest BCUT2D eigenvalue weighted by Gasteiger charge is 2.47. The number of carbonyl (C=O) groups excluding carboxylic acids is 1. The van der Waals surface area contributed by atoms with E-state index in [0.29, 0.717) is 17.1 Å². The fraction of sp³-hybridized carbons (Fsp3) is 0.417. The summed E-state index contributed by atoms with van der Waals surface area (Å²) in [5.74, 6) is -0.512. The summed E-state index contributed by atoms with van der Waals surface area (Å²) >= 11 is 5.70. The zero-order valence-corrected chi connectivity index (χ0v) is 10.1. The van der Waals surface area contributed by atoms with Gasteiger partial charge in [0.05, 0.1) is 5.54 Å². The number of nitrogens with one attached hydrogen (secondary N) is 1. The van der Waals surface area contributed by atoms with Gasteiger partial charge in [-0.1, -0.05) is 17.7 Å². The molecule has 3 N–H and O–H groups in total. The van der Waals surface area contributed by atoms with E-state index in [4.69, 9.17) is 17.3 Å². The average molecular weight is 257 g/mol. The quantitative estimate of drug-likeness (QED) is 0.865. The van der Waals surface area contributed by atoms with Gasteiger partial charge in [0.1, 0.15) is 5.82 Å². The van der Waals surface area contributed by atoms with Crippen LogP contribution in [0.1, 0.15) is 24.8 Å². The highest BCUT2D eigenvalue weighted by Crippen LogP contribution is 2.46. The van der Waals surface area contributed by atoms with Crippen molar-refractivity contribution in [3.63, 3.8) is 0 Å². The van der Waals surface area contributed by atoms with E-state index in [1.54, 1.807) is 12.1 Å². The van der Waals surface area contributed by atoms with Crippen LogP contribution >= 0.6 is 11.6 Å². The second kappa shape index (κ2) is 4.63. The van der Waals surface area contributed by atoms with Crippen molar-refractivity contribution in [2.75, 3.05) is 6.54 Å². The van der Waals surface area contributed by atoms with Crippen molar-refractivity contribution in [1.29, 1.82) is 0 Å². The van der Waals surface area contributed by atoms with Crippen molar-refractivity contribution in [1.82, 2.24) is 5.32 Å². The molecule has 0 aliphatic heterocycles. The maximum absolute atomic E-state index is 13.8. The predicted octanol–water partition coefficient (Wildman–Crippen LogP) is 1.93. The molecule has 1 amide bonds. The van der Waals surface area contributed by atoms with Crippen LogP contribution in [0.15, 0.2) is 18.2 Å². The van der Waals surface area contributed by atoms with Crippen LogP contribution in [0.5, 0.6) is 0 Å². The number of hydrogen-bond acceptors (Lipinski definition) is 2. The first-order valence-electron chi connectivity index (χ1n) is 5.54. The van der Waals surface area contributed by atoms with Gasteiger partial charge in [-0.3, -0.25) is 4.79 Å². The van der Waals surface area contributed by atoms with Crippen LogP contribution in [-0.2, 0) is 10.3 Å². The molecule has 1 aromatic carbocycles. The molecular formula is C12H14ClFN2O. The summed E-state index contributed by atoms with van der Waals surface area (Å²) in [7, 11) is 0. The molecule has 1 fully saturated rings. The number of benzene rings is 1. The molecule has 0 saturated heterocycles. The first-order valence-corrected chi connectivity index (χ1v) is 5.92. The molecule has 0 spiro atoms. The average Bonchev–Trinajstić information content (AvgIpc) is 2.98. The van der Waals surface area contributed by atoms with Gasteiger partial charge in [0, 0.05) is 23.6 Å². The van der Waals surface area contributed by atoms with E-state index in [0.717, 1.165) is 12.8 Å². The molecule has 1 aliphatic rings. The van der Waals surface area contributed by atoms with E-state index in [-0.39, 0.29) is 18.1 Å².